The van der Waals surface area contributed by atoms with Crippen molar-refractivity contribution in [1.82, 2.24) is 14.9 Å². The Morgan fingerprint density at radius 1 is 1.25 bits per heavy atom. The van der Waals surface area contributed by atoms with Gasteiger partial charge in [-0.05, 0) is 18.2 Å². The molecule has 0 aliphatic heterocycles. The van der Waals surface area contributed by atoms with Crippen LogP contribution in [0, 0.1) is 0 Å². The molecule has 5 heteroatoms. The summed E-state index contributed by atoms with van der Waals surface area (Å²) in [6, 6.07) is 8.23. The van der Waals surface area contributed by atoms with Crippen molar-refractivity contribution >= 4 is 0 Å². The number of hydrogen-bond donors (Lipinski definition) is 1. The standard InChI is InChI=1S/C15H21N3O2/c1-4-16-9-12-7-5-6-8-13(12)18-11-17-10-14(18)15(19-2)20-3/h5-8,10-11,15-16H,4,9H2,1-3H3. The maximum absolute atomic E-state index is 5.33. The van der Waals surface area contributed by atoms with Crippen molar-refractivity contribution in [2.75, 3.05) is 20.8 Å². The first-order chi connectivity index (χ1) is 9.81. The summed E-state index contributed by atoms with van der Waals surface area (Å²) in [4.78, 5) is 4.22. The molecule has 1 aromatic heterocycles. The lowest BCUT2D eigenvalue weighted by Crippen LogP contribution is -2.15. The molecule has 0 amide bonds. The first-order valence-electron chi connectivity index (χ1n) is 6.68. The number of hydrogen-bond acceptors (Lipinski definition) is 4. The van der Waals surface area contributed by atoms with Crippen molar-refractivity contribution in [3.63, 3.8) is 0 Å². The quantitative estimate of drug-likeness (QED) is 0.788. The molecule has 0 unspecified atom stereocenters. The average molecular weight is 275 g/mol. The van der Waals surface area contributed by atoms with Gasteiger partial charge in [-0.25, -0.2) is 4.98 Å². The number of aromatic nitrogens is 2. The summed E-state index contributed by atoms with van der Waals surface area (Å²) < 4.78 is 12.7. The summed E-state index contributed by atoms with van der Waals surface area (Å²) >= 11 is 0. The molecule has 1 aromatic carbocycles. The largest absolute Gasteiger partial charge is 0.350 e. The van der Waals surface area contributed by atoms with E-state index in [0.717, 1.165) is 24.5 Å². The highest BCUT2D eigenvalue weighted by Crippen LogP contribution is 2.23. The van der Waals surface area contributed by atoms with Crippen LogP contribution in [0.5, 0.6) is 0 Å². The molecule has 1 heterocycles. The molecule has 2 aromatic rings. The van der Waals surface area contributed by atoms with Crippen molar-refractivity contribution in [3.8, 4) is 5.69 Å². The lowest BCUT2D eigenvalue weighted by molar-refractivity contribution is -0.109. The predicted octanol–water partition coefficient (Wildman–Crippen LogP) is 2.27. The normalized spacial score (nSPS) is 11.2. The zero-order valence-electron chi connectivity index (χ0n) is 12.2. The maximum Gasteiger partial charge on any atom is 0.200 e. The third kappa shape index (κ3) is 3.07. The highest BCUT2D eigenvalue weighted by atomic mass is 16.7. The van der Waals surface area contributed by atoms with Crippen LogP contribution in [0.3, 0.4) is 0 Å². The second kappa shape index (κ2) is 7.19. The Morgan fingerprint density at radius 3 is 2.70 bits per heavy atom. The second-order valence-corrected chi connectivity index (χ2v) is 4.40. The molecule has 5 nitrogen and oxygen atoms in total. The molecule has 1 N–H and O–H groups in total. The Hall–Kier alpha value is -1.69. The van der Waals surface area contributed by atoms with Crippen LogP contribution in [0.4, 0.5) is 0 Å². The minimum absolute atomic E-state index is 0.426. The molecule has 0 saturated heterocycles. The minimum Gasteiger partial charge on any atom is -0.350 e. The molecular weight excluding hydrogens is 254 g/mol. The number of rotatable bonds is 7. The van der Waals surface area contributed by atoms with Gasteiger partial charge in [0.2, 0.25) is 6.29 Å². The maximum atomic E-state index is 5.33. The third-order valence-electron chi connectivity index (χ3n) is 3.15. The van der Waals surface area contributed by atoms with Gasteiger partial charge in [-0.1, -0.05) is 25.1 Å². The molecule has 0 spiro atoms. The number of nitrogens with zero attached hydrogens (tertiary/aromatic N) is 2. The molecule has 108 valence electrons. The Labute approximate surface area is 119 Å². The Bertz CT molecular complexity index is 535. The van der Waals surface area contributed by atoms with Gasteiger partial charge in [0.25, 0.3) is 0 Å². The monoisotopic (exact) mass is 275 g/mol. The van der Waals surface area contributed by atoms with Crippen LogP contribution in [0.1, 0.15) is 24.5 Å². The molecule has 0 fully saturated rings. The first kappa shape index (κ1) is 14.7. The molecule has 0 saturated carbocycles. The van der Waals surface area contributed by atoms with Gasteiger partial charge in [0.1, 0.15) is 0 Å². The molecule has 2 rings (SSSR count). The molecule has 0 aliphatic rings. The van der Waals surface area contributed by atoms with Gasteiger partial charge in [0.15, 0.2) is 0 Å². The van der Waals surface area contributed by atoms with Gasteiger partial charge >= 0.3 is 0 Å². The highest BCUT2D eigenvalue weighted by Gasteiger charge is 2.16. The first-order valence-corrected chi connectivity index (χ1v) is 6.68. The van der Waals surface area contributed by atoms with Crippen LogP contribution in [0.2, 0.25) is 0 Å². The molecule has 0 bridgehead atoms. The molecular formula is C15H21N3O2. The van der Waals surface area contributed by atoms with Crippen LogP contribution in [0.15, 0.2) is 36.8 Å². The lowest BCUT2D eigenvalue weighted by Gasteiger charge is -2.18. The van der Waals surface area contributed by atoms with Crippen LogP contribution in [0.25, 0.3) is 5.69 Å². The summed E-state index contributed by atoms with van der Waals surface area (Å²) in [6.45, 7) is 3.84. The van der Waals surface area contributed by atoms with Gasteiger partial charge in [-0.15, -0.1) is 0 Å². The van der Waals surface area contributed by atoms with E-state index in [2.05, 4.69) is 29.4 Å². The molecule has 0 radical (unpaired) electrons. The zero-order chi connectivity index (χ0) is 14.4. The predicted molar refractivity (Wildman–Crippen MR) is 77.7 cm³/mol. The van der Waals surface area contributed by atoms with Crippen molar-refractivity contribution in [2.24, 2.45) is 0 Å². The van der Waals surface area contributed by atoms with E-state index in [1.165, 1.54) is 5.56 Å². The zero-order valence-corrected chi connectivity index (χ0v) is 12.2. The summed E-state index contributed by atoms with van der Waals surface area (Å²) in [5.74, 6) is 0. The Kier molecular flexibility index (Phi) is 5.29. The molecule has 0 atom stereocenters. The van der Waals surface area contributed by atoms with Crippen molar-refractivity contribution in [2.45, 2.75) is 19.8 Å². The van der Waals surface area contributed by atoms with Crippen LogP contribution in [-0.2, 0) is 16.0 Å². The Morgan fingerprint density at radius 2 is 2.00 bits per heavy atom. The van der Waals surface area contributed by atoms with E-state index in [9.17, 15) is 0 Å². The highest BCUT2D eigenvalue weighted by molar-refractivity contribution is 5.42. The van der Waals surface area contributed by atoms with Crippen molar-refractivity contribution in [1.29, 1.82) is 0 Å². The van der Waals surface area contributed by atoms with Crippen LogP contribution >= 0.6 is 0 Å². The van der Waals surface area contributed by atoms with E-state index in [-0.39, 0.29) is 0 Å². The van der Waals surface area contributed by atoms with Gasteiger partial charge in [-0.2, -0.15) is 0 Å². The fourth-order valence-corrected chi connectivity index (χ4v) is 2.17. The van der Waals surface area contributed by atoms with E-state index in [0.29, 0.717) is 0 Å². The fraction of sp³-hybridized carbons (Fsp3) is 0.400. The smallest absolute Gasteiger partial charge is 0.200 e. The number of methoxy groups -OCH3 is 2. The van der Waals surface area contributed by atoms with E-state index in [1.807, 2.05) is 16.7 Å². The van der Waals surface area contributed by atoms with Crippen LogP contribution in [-0.4, -0.2) is 30.3 Å². The number of ether oxygens (including phenoxy) is 2. The van der Waals surface area contributed by atoms with Crippen LogP contribution < -0.4 is 5.32 Å². The van der Waals surface area contributed by atoms with Gasteiger partial charge in [0.05, 0.1) is 23.9 Å². The van der Waals surface area contributed by atoms with Gasteiger partial charge < -0.3 is 14.8 Å². The van der Waals surface area contributed by atoms with Crippen molar-refractivity contribution < 1.29 is 9.47 Å². The number of para-hydroxylation sites is 1. The number of imidazole rings is 1. The summed E-state index contributed by atoms with van der Waals surface area (Å²) in [5.41, 5.74) is 3.17. The SMILES string of the molecule is CCNCc1ccccc1-n1cncc1C(OC)OC. The summed E-state index contributed by atoms with van der Waals surface area (Å²) in [6.07, 6.45) is 3.12. The lowest BCUT2D eigenvalue weighted by atomic mass is 10.1. The van der Waals surface area contributed by atoms with E-state index in [4.69, 9.17) is 9.47 Å². The molecule has 0 aliphatic carbocycles. The fourth-order valence-electron chi connectivity index (χ4n) is 2.17. The van der Waals surface area contributed by atoms with Crippen molar-refractivity contribution in [3.05, 3.63) is 48.0 Å². The van der Waals surface area contributed by atoms with Gasteiger partial charge in [0, 0.05) is 20.8 Å². The number of nitrogens with one attached hydrogen (secondary N) is 1. The van der Waals surface area contributed by atoms with E-state index < -0.39 is 6.29 Å². The van der Waals surface area contributed by atoms with Gasteiger partial charge in [-0.3, -0.25) is 4.57 Å². The average Bonchev–Trinajstić information content (AvgIpc) is 2.96. The summed E-state index contributed by atoms with van der Waals surface area (Å²) in [5, 5.41) is 3.35. The Balaban J connectivity index is 2.39. The van der Waals surface area contributed by atoms with E-state index >= 15 is 0 Å². The van der Waals surface area contributed by atoms with E-state index in [1.54, 1.807) is 26.7 Å². The third-order valence-corrected chi connectivity index (χ3v) is 3.15. The second-order valence-electron chi connectivity index (χ2n) is 4.40. The topological polar surface area (TPSA) is 48.3 Å². The molecule has 20 heavy (non-hydrogen) atoms. The minimum atomic E-state index is -0.426. The number of benzene rings is 1. The summed E-state index contributed by atoms with van der Waals surface area (Å²) in [7, 11) is 3.24.